The normalized spacial score (nSPS) is 11.2. The van der Waals surface area contributed by atoms with Crippen LogP contribution in [0.5, 0.6) is 0 Å². The lowest BCUT2D eigenvalue weighted by Crippen LogP contribution is -2.14. The summed E-state index contributed by atoms with van der Waals surface area (Å²) in [6, 6.07) is 1.49. The van der Waals surface area contributed by atoms with Crippen LogP contribution in [0.3, 0.4) is 0 Å². The number of allylic oxidation sites excluding steroid dienone is 1. The zero-order chi connectivity index (χ0) is 12.0. The van der Waals surface area contributed by atoms with Gasteiger partial charge in [-0.1, -0.05) is 26.0 Å². The van der Waals surface area contributed by atoms with Gasteiger partial charge in [-0.3, -0.25) is 4.79 Å². The highest BCUT2D eigenvalue weighted by Crippen LogP contribution is 2.08. The smallest absolute Gasteiger partial charge is 0.252 e. The average Bonchev–Trinajstić information content (AvgIpc) is 2.23. The fraction of sp³-hybridized carbons (Fsp3) is 0.500. The largest absolute Gasteiger partial charge is 0.370 e. The van der Waals surface area contributed by atoms with Crippen molar-refractivity contribution < 1.29 is 0 Å². The number of aromatic nitrogens is 2. The maximum atomic E-state index is 11.4. The van der Waals surface area contributed by atoms with E-state index in [1.807, 2.05) is 26.8 Å². The Labute approximate surface area is 95.8 Å². The zero-order valence-corrected chi connectivity index (χ0v) is 10.1. The predicted molar refractivity (Wildman–Crippen MR) is 66.9 cm³/mol. The molecule has 0 saturated carbocycles. The number of H-pyrrole nitrogens is 1. The fourth-order valence-electron chi connectivity index (χ4n) is 1.29. The van der Waals surface area contributed by atoms with Gasteiger partial charge in [0.25, 0.3) is 5.56 Å². The summed E-state index contributed by atoms with van der Waals surface area (Å²) in [6.45, 7) is 6.78. The van der Waals surface area contributed by atoms with E-state index in [2.05, 4.69) is 21.4 Å². The second kappa shape index (κ2) is 6.10. The summed E-state index contributed by atoms with van der Waals surface area (Å²) in [5.41, 5.74) is -0.104. The van der Waals surface area contributed by atoms with Gasteiger partial charge in [-0.2, -0.15) is 0 Å². The van der Waals surface area contributed by atoms with Crippen LogP contribution in [0, 0.1) is 0 Å². The first kappa shape index (κ1) is 12.5. The Hall–Kier alpha value is -1.58. The molecule has 4 heteroatoms. The molecular formula is C12H19N3O. The van der Waals surface area contributed by atoms with Crippen molar-refractivity contribution in [2.75, 3.05) is 11.9 Å². The number of nitrogens with zero attached hydrogens (tertiary/aromatic N) is 1. The molecule has 0 aromatic carbocycles. The molecule has 0 bridgehead atoms. The van der Waals surface area contributed by atoms with Crippen LogP contribution in [0.15, 0.2) is 23.0 Å². The molecule has 1 rings (SSSR count). The van der Waals surface area contributed by atoms with Crippen LogP contribution >= 0.6 is 0 Å². The van der Waals surface area contributed by atoms with Crippen molar-refractivity contribution in [3.63, 3.8) is 0 Å². The Morgan fingerprint density at radius 1 is 1.56 bits per heavy atom. The summed E-state index contributed by atoms with van der Waals surface area (Å²) in [5, 5.41) is 3.13. The first-order chi connectivity index (χ1) is 7.63. The summed E-state index contributed by atoms with van der Waals surface area (Å²) in [6.07, 6.45) is 5.01. The Morgan fingerprint density at radius 3 is 2.94 bits per heavy atom. The molecule has 0 spiro atoms. The molecule has 0 aliphatic carbocycles. The summed E-state index contributed by atoms with van der Waals surface area (Å²) in [4.78, 5) is 18.4. The van der Waals surface area contributed by atoms with Gasteiger partial charge in [0.1, 0.15) is 11.6 Å². The van der Waals surface area contributed by atoms with E-state index in [4.69, 9.17) is 0 Å². The molecule has 0 saturated heterocycles. The lowest BCUT2D eigenvalue weighted by Gasteiger charge is -2.07. The third-order valence-corrected chi connectivity index (χ3v) is 2.16. The SMILES string of the molecule is C/C=C/CCNc1cc(=O)[nH]c(C(C)C)n1. The van der Waals surface area contributed by atoms with Crippen molar-refractivity contribution in [3.8, 4) is 0 Å². The van der Waals surface area contributed by atoms with Crippen molar-refractivity contribution in [2.24, 2.45) is 0 Å². The second-order valence-electron chi connectivity index (χ2n) is 3.96. The molecule has 0 radical (unpaired) electrons. The highest BCUT2D eigenvalue weighted by molar-refractivity contribution is 5.33. The number of anilines is 1. The van der Waals surface area contributed by atoms with Gasteiger partial charge >= 0.3 is 0 Å². The highest BCUT2D eigenvalue weighted by atomic mass is 16.1. The van der Waals surface area contributed by atoms with E-state index >= 15 is 0 Å². The molecule has 88 valence electrons. The number of nitrogens with one attached hydrogen (secondary N) is 2. The molecule has 1 heterocycles. The van der Waals surface area contributed by atoms with E-state index < -0.39 is 0 Å². The Balaban J connectivity index is 2.69. The van der Waals surface area contributed by atoms with Crippen molar-refractivity contribution in [2.45, 2.75) is 33.1 Å². The lowest BCUT2D eigenvalue weighted by molar-refractivity contribution is 0.766. The maximum Gasteiger partial charge on any atom is 0.252 e. The third kappa shape index (κ3) is 3.88. The first-order valence-electron chi connectivity index (χ1n) is 5.59. The van der Waals surface area contributed by atoms with Gasteiger partial charge in [0.15, 0.2) is 0 Å². The summed E-state index contributed by atoms with van der Waals surface area (Å²) in [5.74, 6) is 1.60. The highest BCUT2D eigenvalue weighted by Gasteiger charge is 2.04. The van der Waals surface area contributed by atoms with Crippen molar-refractivity contribution in [1.29, 1.82) is 0 Å². The zero-order valence-electron chi connectivity index (χ0n) is 10.1. The van der Waals surface area contributed by atoms with Crippen LogP contribution in [0.2, 0.25) is 0 Å². The van der Waals surface area contributed by atoms with Crippen LogP contribution in [0.1, 0.15) is 38.9 Å². The number of hydrogen-bond donors (Lipinski definition) is 2. The molecule has 16 heavy (non-hydrogen) atoms. The van der Waals surface area contributed by atoms with E-state index in [0.29, 0.717) is 5.82 Å². The minimum Gasteiger partial charge on any atom is -0.370 e. The van der Waals surface area contributed by atoms with E-state index in [1.54, 1.807) is 0 Å². The topological polar surface area (TPSA) is 57.8 Å². The fourth-order valence-corrected chi connectivity index (χ4v) is 1.29. The van der Waals surface area contributed by atoms with Crippen LogP contribution in [0.4, 0.5) is 5.82 Å². The van der Waals surface area contributed by atoms with Gasteiger partial charge < -0.3 is 10.3 Å². The summed E-state index contributed by atoms with van der Waals surface area (Å²) in [7, 11) is 0. The van der Waals surface area contributed by atoms with Crippen LogP contribution in [-0.4, -0.2) is 16.5 Å². The minimum absolute atomic E-state index is 0.104. The molecule has 0 atom stereocenters. The van der Waals surface area contributed by atoms with Crippen LogP contribution in [0.25, 0.3) is 0 Å². The van der Waals surface area contributed by atoms with Gasteiger partial charge in [-0.05, 0) is 13.3 Å². The molecule has 0 unspecified atom stereocenters. The predicted octanol–water partition coefficient (Wildman–Crippen LogP) is 2.27. The Kier molecular flexibility index (Phi) is 4.76. The summed E-state index contributed by atoms with van der Waals surface area (Å²) >= 11 is 0. The van der Waals surface area contributed by atoms with Gasteiger partial charge in [-0.15, -0.1) is 0 Å². The molecule has 0 fully saturated rings. The monoisotopic (exact) mass is 221 g/mol. The molecule has 2 N–H and O–H groups in total. The van der Waals surface area contributed by atoms with E-state index in [-0.39, 0.29) is 11.5 Å². The molecule has 1 aromatic heterocycles. The minimum atomic E-state index is -0.104. The molecule has 0 amide bonds. The first-order valence-corrected chi connectivity index (χ1v) is 5.59. The maximum absolute atomic E-state index is 11.4. The number of hydrogen-bond acceptors (Lipinski definition) is 3. The van der Waals surface area contributed by atoms with Crippen LogP contribution in [-0.2, 0) is 0 Å². The second-order valence-corrected chi connectivity index (χ2v) is 3.96. The lowest BCUT2D eigenvalue weighted by atomic mass is 10.2. The van der Waals surface area contributed by atoms with Gasteiger partial charge in [0.05, 0.1) is 0 Å². The molecular weight excluding hydrogens is 202 g/mol. The molecule has 4 nitrogen and oxygen atoms in total. The van der Waals surface area contributed by atoms with E-state index in [9.17, 15) is 4.79 Å². The average molecular weight is 221 g/mol. The van der Waals surface area contributed by atoms with Crippen LogP contribution < -0.4 is 10.9 Å². The van der Waals surface area contributed by atoms with Gasteiger partial charge in [0.2, 0.25) is 0 Å². The third-order valence-electron chi connectivity index (χ3n) is 2.16. The Bertz CT molecular complexity index is 407. The van der Waals surface area contributed by atoms with Crippen molar-refractivity contribution >= 4 is 5.82 Å². The quantitative estimate of drug-likeness (QED) is 0.592. The van der Waals surface area contributed by atoms with Crippen molar-refractivity contribution in [3.05, 3.63) is 34.4 Å². The molecule has 0 aliphatic rings. The number of aromatic amines is 1. The van der Waals surface area contributed by atoms with E-state index in [0.717, 1.165) is 18.8 Å². The molecule has 1 aromatic rings. The standard InChI is InChI=1S/C12H19N3O/c1-4-5-6-7-13-10-8-11(16)15-12(14-10)9(2)3/h4-5,8-9H,6-7H2,1-3H3,(H2,13,14,15,16)/b5-4+. The van der Waals surface area contributed by atoms with Gasteiger partial charge in [-0.25, -0.2) is 4.98 Å². The Morgan fingerprint density at radius 2 is 2.31 bits per heavy atom. The molecule has 0 aliphatic heterocycles. The summed E-state index contributed by atoms with van der Waals surface area (Å²) < 4.78 is 0. The van der Waals surface area contributed by atoms with E-state index in [1.165, 1.54) is 6.07 Å². The number of rotatable bonds is 5. The van der Waals surface area contributed by atoms with Crippen molar-refractivity contribution in [1.82, 2.24) is 9.97 Å². The van der Waals surface area contributed by atoms with Gasteiger partial charge in [0, 0.05) is 18.5 Å².